The third-order valence-electron chi connectivity index (χ3n) is 3.41. The largest absolute Gasteiger partial charge is 0.424 e. The van der Waals surface area contributed by atoms with Crippen LogP contribution in [0.15, 0.2) is 39.2 Å². The standard InChI is InChI=1S/C14H8Cl2N4O3/c15-6-2-1-3-7(16)9(6)8-5(4-17)11(18)23-13-10(8)12(21)19-14(22)20-13/h1-3,8H,18H2,(H2,19,20,21,22)/t8-/m1/s1. The maximum Gasteiger partial charge on any atom is 0.328 e. The molecule has 23 heavy (non-hydrogen) atoms. The van der Waals surface area contributed by atoms with Crippen molar-refractivity contribution in [1.82, 2.24) is 9.97 Å². The van der Waals surface area contributed by atoms with Crippen LogP contribution in [0.3, 0.4) is 0 Å². The average Bonchev–Trinajstić information content (AvgIpc) is 2.46. The molecule has 0 fully saturated rings. The van der Waals surface area contributed by atoms with Gasteiger partial charge in [-0.15, -0.1) is 0 Å². The number of nitrogens with zero attached hydrogens (tertiary/aromatic N) is 1. The summed E-state index contributed by atoms with van der Waals surface area (Å²) in [6.07, 6.45) is 0. The first kappa shape index (κ1) is 15.2. The number of aromatic nitrogens is 2. The predicted octanol–water partition coefficient (Wildman–Crippen LogP) is 1.59. The van der Waals surface area contributed by atoms with Crippen LogP contribution in [0.25, 0.3) is 0 Å². The average molecular weight is 351 g/mol. The molecule has 0 unspecified atom stereocenters. The van der Waals surface area contributed by atoms with Gasteiger partial charge in [0, 0.05) is 15.6 Å². The number of rotatable bonds is 1. The highest BCUT2D eigenvalue weighted by Crippen LogP contribution is 2.43. The van der Waals surface area contributed by atoms with Crippen molar-refractivity contribution in [1.29, 1.82) is 5.26 Å². The molecule has 0 amide bonds. The minimum absolute atomic E-state index is 0.00495. The van der Waals surface area contributed by atoms with Gasteiger partial charge in [0.15, 0.2) is 0 Å². The van der Waals surface area contributed by atoms with Crippen molar-refractivity contribution in [3.63, 3.8) is 0 Å². The van der Waals surface area contributed by atoms with E-state index in [0.29, 0.717) is 5.56 Å². The Kier molecular flexibility index (Phi) is 3.64. The summed E-state index contributed by atoms with van der Waals surface area (Å²) < 4.78 is 5.20. The van der Waals surface area contributed by atoms with E-state index in [1.807, 2.05) is 6.07 Å². The molecule has 4 N–H and O–H groups in total. The number of hydrogen-bond acceptors (Lipinski definition) is 5. The van der Waals surface area contributed by atoms with E-state index < -0.39 is 17.2 Å². The van der Waals surface area contributed by atoms with Crippen LogP contribution in [0.4, 0.5) is 0 Å². The van der Waals surface area contributed by atoms with Gasteiger partial charge in [0.05, 0.1) is 11.5 Å². The summed E-state index contributed by atoms with van der Waals surface area (Å²) in [5, 5.41) is 9.91. The monoisotopic (exact) mass is 350 g/mol. The zero-order valence-electron chi connectivity index (χ0n) is 11.3. The number of aromatic amines is 2. The molecule has 3 rings (SSSR count). The fourth-order valence-electron chi connectivity index (χ4n) is 2.46. The number of hydrogen-bond donors (Lipinski definition) is 3. The Morgan fingerprint density at radius 3 is 2.43 bits per heavy atom. The number of benzene rings is 1. The molecule has 1 atom stereocenters. The maximum absolute atomic E-state index is 12.2. The summed E-state index contributed by atoms with van der Waals surface area (Å²) in [7, 11) is 0. The van der Waals surface area contributed by atoms with Crippen molar-refractivity contribution >= 4 is 23.2 Å². The van der Waals surface area contributed by atoms with Gasteiger partial charge in [0.1, 0.15) is 11.6 Å². The molecule has 7 nitrogen and oxygen atoms in total. The molecule has 9 heteroatoms. The van der Waals surface area contributed by atoms with Crippen molar-refractivity contribution in [3.8, 4) is 11.9 Å². The Bertz CT molecular complexity index is 980. The number of halogens is 2. The lowest BCUT2D eigenvalue weighted by Crippen LogP contribution is -2.33. The summed E-state index contributed by atoms with van der Waals surface area (Å²) in [5.74, 6) is -1.33. The van der Waals surface area contributed by atoms with E-state index in [1.165, 1.54) is 0 Å². The SMILES string of the molecule is N#CC1=C(N)Oc2[nH]c(=O)[nH]c(=O)c2[C@H]1c1c(Cl)cccc1Cl. The van der Waals surface area contributed by atoms with Gasteiger partial charge in [-0.2, -0.15) is 5.26 Å². The van der Waals surface area contributed by atoms with E-state index in [2.05, 4.69) is 9.97 Å². The number of H-pyrrole nitrogens is 2. The number of ether oxygens (including phenoxy) is 1. The molecule has 0 spiro atoms. The number of nitrogens with two attached hydrogens (primary N) is 1. The zero-order valence-corrected chi connectivity index (χ0v) is 12.8. The van der Waals surface area contributed by atoms with Crippen LogP contribution in [0.1, 0.15) is 17.0 Å². The van der Waals surface area contributed by atoms with E-state index in [-0.39, 0.29) is 32.9 Å². The van der Waals surface area contributed by atoms with Crippen molar-refractivity contribution in [3.05, 3.63) is 71.7 Å². The summed E-state index contributed by atoms with van der Waals surface area (Å²) in [5.41, 5.74) is 4.58. The van der Waals surface area contributed by atoms with Gasteiger partial charge in [-0.25, -0.2) is 4.79 Å². The molecule has 0 radical (unpaired) electrons. The fourth-order valence-corrected chi connectivity index (χ4v) is 3.08. The second-order valence-corrected chi connectivity index (χ2v) is 5.53. The van der Waals surface area contributed by atoms with Gasteiger partial charge in [0.2, 0.25) is 11.8 Å². The normalized spacial score (nSPS) is 16.5. The van der Waals surface area contributed by atoms with Gasteiger partial charge in [-0.1, -0.05) is 29.3 Å². The first-order valence-electron chi connectivity index (χ1n) is 6.32. The zero-order chi connectivity index (χ0) is 16.7. The quantitative estimate of drug-likeness (QED) is 0.720. The second kappa shape index (κ2) is 5.50. The molecule has 2 heterocycles. The first-order valence-corrected chi connectivity index (χ1v) is 7.07. The highest BCUT2D eigenvalue weighted by atomic mass is 35.5. The van der Waals surface area contributed by atoms with Gasteiger partial charge in [-0.05, 0) is 12.1 Å². The Balaban J connectivity index is 2.42. The van der Waals surface area contributed by atoms with Gasteiger partial charge < -0.3 is 10.5 Å². The van der Waals surface area contributed by atoms with Gasteiger partial charge in [0.25, 0.3) is 5.56 Å². The predicted molar refractivity (Wildman–Crippen MR) is 83.4 cm³/mol. The summed E-state index contributed by atoms with van der Waals surface area (Å²) in [6.45, 7) is 0. The Morgan fingerprint density at radius 1 is 1.17 bits per heavy atom. The molecule has 1 aromatic heterocycles. The molecule has 1 aliphatic heterocycles. The highest BCUT2D eigenvalue weighted by Gasteiger charge is 2.36. The molecule has 0 saturated heterocycles. The van der Waals surface area contributed by atoms with Gasteiger partial charge in [-0.3, -0.25) is 14.8 Å². The molecule has 2 aromatic rings. The second-order valence-electron chi connectivity index (χ2n) is 4.71. The van der Waals surface area contributed by atoms with Crippen LogP contribution in [-0.4, -0.2) is 9.97 Å². The Morgan fingerprint density at radius 2 is 1.83 bits per heavy atom. The highest BCUT2D eigenvalue weighted by molar-refractivity contribution is 6.36. The topological polar surface area (TPSA) is 125 Å². The van der Waals surface area contributed by atoms with Crippen LogP contribution >= 0.6 is 23.2 Å². The number of fused-ring (bicyclic) bond motifs is 1. The van der Waals surface area contributed by atoms with Crippen LogP contribution in [0.5, 0.6) is 5.88 Å². The molecule has 116 valence electrons. The molecule has 0 aliphatic carbocycles. The van der Waals surface area contributed by atoms with Crippen LogP contribution < -0.4 is 21.7 Å². The molecule has 0 saturated carbocycles. The van der Waals surface area contributed by atoms with E-state index in [9.17, 15) is 14.9 Å². The van der Waals surface area contributed by atoms with Crippen LogP contribution in [0.2, 0.25) is 10.0 Å². The third kappa shape index (κ3) is 2.38. The van der Waals surface area contributed by atoms with E-state index in [4.69, 9.17) is 33.7 Å². The number of allylic oxidation sites excluding steroid dienone is 1. The molecule has 0 bridgehead atoms. The first-order chi connectivity index (χ1) is 10.9. The molecular formula is C14H8Cl2N4O3. The van der Waals surface area contributed by atoms with E-state index in [1.54, 1.807) is 18.2 Å². The molecular weight excluding hydrogens is 343 g/mol. The van der Waals surface area contributed by atoms with Crippen LogP contribution in [-0.2, 0) is 0 Å². The minimum Gasteiger partial charge on any atom is -0.424 e. The number of nitriles is 1. The Hall–Kier alpha value is -2.69. The smallest absolute Gasteiger partial charge is 0.328 e. The molecule has 1 aromatic carbocycles. The summed E-state index contributed by atoms with van der Waals surface area (Å²) in [4.78, 5) is 28.1. The summed E-state index contributed by atoms with van der Waals surface area (Å²) >= 11 is 12.4. The van der Waals surface area contributed by atoms with Crippen molar-refractivity contribution in [2.45, 2.75) is 5.92 Å². The summed E-state index contributed by atoms with van der Waals surface area (Å²) in [6, 6.07) is 6.68. The lowest BCUT2D eigenvalue weighted by atomic mass is 9.85. The van der Waals surface area contributed by atoms with E-state index >= 15 is 0 Å². The third-order valence-corrected chi connectivity index (χ3v) is 4.07. The number of nitrogens with one attached hydrogen (secondary N) is 2. The lowest BCUT2D eigenvalue weighted by molar-refractivity contribution is 0.373. The van der Waals surface area contributed by atoms with E-state index in [0.717, 1.165) is 0 Å². The van der Waals surface area contributed by atoms with Crippen molar-refractivity contribution < 1.29 is 4.74 Å². The van der Waals surface area contributed by atoms with Crippen molar-refractivity contribution in [2.75, 3.05) is 0 Å². The fraction of sp³-hybridized carbons (Fsp3) is 0.0714. The van der Waals surface area contributed by atoms with Crippen molar-refractivity contribution in [2.24, 2.45) is 5.73 Å². The Labute approximate surface area is 138 Å². The van der Waals surface area contributed by atoms with Gasteiger partial charge >= 0.3 is 5.69 Å². The maximum atomic E-state index is 12.2. The minimum atomic E-state index is -0.953. The molecule has 1 aliphatic rings. The van der Waals surface area contributed by atoms with Crippen LogP contribution in [0, 0.1) is 11.3 Å². The lowest BCUT2D eigenvalue weighted by Gasteiger charge is -2.25.